The lowest BCUT2D eigenvalue weighted by Crippen LogP contribution is -2.03. The van der Waals surface area contributed by atoms with Gasteiger partial charge in [0, 0.05) is 6.07 Å². The maximum atomic E-state index is 11.0. The second-order valence-electron chi connectivity index (χ2n) is 4.18. The third-order valence-electron chi connectivity index (χ3n) is 2.75. The van der Waals surface area contributed by atoms with Crippen LogP contribution in [0, 0.1) is 6.92 Å². The number of carboxylic acid groups (broad SMARTS) is 1. The molecule has 0 atom stereocenters. The van der Waals surface area contributed by atoms with Crippen molar-refractivity contribution in [3.8, 4) is 0 Å². The highest BCUT2D eigenvalue weighted by Gasteiger charge is 2.10. The van der Waals surface area contributed by atoms with E-state index in [2.05, 4.69) is 15.5 Å². The molecule has 96 valence electrons. The largest absolute Gasteiger partial charge is 0.478 e. The number of carboxylic acids is 1. The minimum atomic E-state index is -0.980. The Hall–Kier alpha value is -2.70. The molecule has 7 nitrogen and oxygen atoms in total. The van der Waals surface area contributed by atoms with E-state index in [9.17, 15) is 4.79 Å². The maximum absolute atomic E-state index is 11.0. The fourth-order valence-corrected chi connectivity index (χ4v) is 1.86. The molecule has 0 aliphatic carbocycles. The van der Waals surface area contributed by atoms with Crippen LogP contribution in [0.1, 0.15) is 21.8 Å². The zero-order valence-corrected chi connectivity index (χ0v) is 10.1. The summed E-state index contributed by atoms with van der Waals surface area (Å²) in [7, 11) is 0. The molecule has 0 spiro atoms. The highest BCUT2D eigenvalue weighted by molar-refractivity contribution is 5.92. The van der Waals surface area contributed by atoms with E-state index in [-0.39, 0.29) is 5.56 Å². The van der Waals surface area contributed by atoms with E-state index < -0.39 is 5.97 Å². The Bertz CT molecular complexity index is 759. The van der Waals surface area contributed by atoms with Crippen LogP contribution in [0.2, 0.25) is 0 Å². The normalized spacial score (nSPS) is 11.0. The van der Waals surface area contributed by atoms with Gasteiger partial charge < -0.3 is 9.63 Å². The first-order valence-corrected chi connectivity index (χ1v) is 5.62. The zero-order chi connectivity index (χ0) is 13.4. The molecule has 7 heteroatoms. The molecule has 0 unspecified atom stereocenters. The lowest BCUT2D eigenvalue weighted by molar-refractivity contribution is 0.0697. The number of aromatic carboxylic acids is 1. The van der Waals surface area contributed by atoms with Crippen molar-refractivity contribution in [2.24, 2.45) is 0 Å². The second-order valence-corrected chi connectivity index (χ2v) is 4.18. The molecule has 3 rings (SSSR count). The van der Waals surface area contributed by atoms with Crippen LogP contribution in [0.25, 0.3) is 11.0 Å². The van der Waals surface area contributed by atoms with Gasteiger partial charge in [0.2, 0.25) is 0 Å². The first kappa shape index (κ1) is 11.4. The summed E-state index contributed by atoms with van der Waals surface area (Å²) in [6.07, 6.45) is 0. The number of rotatable bonds is 3. The van der Waals surface area contributed by atoms with Gasteiger partial charge in [0.15, 0.2) is 0 Å². The highest BCUT2D eigenvalue weighted by atomic mass is 16.5. The standard InChI is InChI=1S/C12H10N4O3/c1-7-4-9(14-19-7)6-16-11-5-8(12(17)18)2-3-10(11)13-15-16/h2-5H,6H2,1H3,(H,17,18). The van der Waals surface area contributed by atoms with Crippen molar-refractivity contribution in [3.63, 3.8) is 0 Å². The SMILES string of the molecule is Cc1cc(Cn2nnc3ccc(C(=O)O)cc32)no1. The van der Waals surface area contributed by atoms with E-state index in [0.717, 1.165) is 0 Å². The topological polar surface area (TPSA) is 94.0 Å². The maximum Gasteiger partial charge on any atom is 0.335 e. The Morgan fingerprint density at radius 3 is 2.95 bits per heavy atom. The van der Waals surface area contributed by atoms with E-state index in [1.54, 1.807) is 29.8 Å². The van der Waals surface area contributed by atoms with Gasteiger partial charge in [-0.05, 0) is 25.1 Å². The minimum absolute atomic E-state index is 0.201. The van der Waals surface area contributed by atoms with Gasteiger partial charge in [0.1, 0.15) is 17.0 Å². The second kappa shape index (κ2) is 4.20. The molecule has 1 N–H and O–H groups in total. The Balaban J connectivity index is 2.03. The molecule has 19 heavy (non-hydrogen) atoms. The quantitative estimate of drug-likeness (QED) is 0.764. The van der Waals surface area contributed by atoms with Crippen molar-refractivity contribution in [2.75, 3.05) is 0 Å². The van der Waals surface area contributed by atoms with Crippen LogP contribution < -0.4 is 0 Å². The lowest BCUT2D eigenvalue weighted by Gasteiger charge is -1.99. The van der Waals surface area contributed by atoms with Crippen molar-refractivity contribution in [2.45, 2.75) is 13.5 Å². The average Bonchev–Trinajstić information content (AvgIpc) is 2.96. The van der Waals surface area contributed by atoms with Crippen LogP contribution in [0.4, 0.5) is 0 Å². The van der Waals surface area contributed by atoms with E-state index >= 15 is 0 Å². The Morgan fingerprint density at radius 1 is 1.42 bits per heavy atom. The minimum Gasteiger partial charge on any atom is -0.478 e. The van der Waals surface area contributed by atoms with Crippen molar-refractivity contribution in [3.05, 3.63) is 41.3 Å². The van der Waals surface area contributed by atoms with Crippen molar-refractivity contribution in [1.29, 1.82) is 0 Å². The molecule has 0 amide bonds. The lowest BCUT2D eigenvalue weighted by atomic mass is 10.2. The van der Waals surface area contributed by atoms with Gasteiger partial charge in [-0.1, -0.05) is 10.4 Å². The van der Waals surface area contributed by atoms with E-state index in [1.165, 1.54) is 6.07 Å². The summed E-state index contributed by atoms with van der Waals surface area (Å²) in [6.45, 7) is 2.19. The van der Waals surface area contributed by atoms with Crippen molar-refractivity contribution in [1.82, 2.24) is 20.2 Å². The number of carbonyl (C=O) groups is 1. The molecule has 0 aliphatic heterocycles. The fraction of sp³-hybridized carbons (Fsp3) is 0.167. The Kier molecular flexibility index (Phi) is 2.52. The van der Waals surface area contributed by atoms with Gasteiger partial charge in [0.25, 0.3) is 0 Å². The van der Waals surface area contributed by atoms with E-state index in [4.69, 9.17) is 9.63 Å². The third-order valence-corrected chi connectivity index (χ3v) is 2.75. The molecule has 0 bridgehead atoms. The molecule has 0 saturated heterocycles. The van der Waals surface area contributed by atoms with E-state index in [0.29, 0.717) is 29.0 Å². The summed E-state index contributed by atoms with van der Waals surface area (Å²) in [5, 5.41) is 20.8. The summed E-state index contributed by atoms with van der Waals surface area (Å²) in [6, 6.07) is 6.49. The molecular formula is C12H10N4O3. The number of hydrogen-bond acceptors (Lipinski definition) is 5. The first-order chi connectivity index (χ1) is 9.13. The average molecular weight is 258 g/mol. The number of aryl methyl sites for hydroxylation is 1. The van der Waals surface area contributed by atoms with Gasteiger partial charge in [-0.15, -0.1) is 5.10 Å². The van der Waals surface area contributed by atoms with Crippen LogP contribution in [0.15, 0.2) is 28.8 Å². The number of aromatic nitrogens is 4. The highest BCUT2D eigenvalue weighted by Crippen LogP contribution is 2.15. The number of fused-ring (bicyclic) bond motifs is 1. The Morgan fingerprint density at radius 2 is 2.26 bits per heavy atom. The Labute approximate surface area is 107 Å². The summed E-state index contributed by atoms with van der Waals surface area (Å²) in [5.74, 6) is -0.266. The van der Waals surface area contributed by atoms with Crippen LogP contribution >= 0.6 is 0 Å². The predicted octanol–water partition coefficient (Wildman–Crippen LogP) is 1.47. The van der Waals surface area contributed by atoms with Crippen LogP contribution in [0.3, 0.4) is 0 Å². The third kappa shape index (κ3) is 2.05. The smallest absolute Gasteiger partial charge is 0.335 e. The van der Waals surface area contributed by atoms with Crippen molar-refractivity contribution < 1.29 is 14.4 Å². The van der Waals surface area contributed by atoms with Crippen molar-refractivity contribution >= 4 is 17.0 Å². The molecular weight excluding hydrogens is 248 g/mol. The van der Waals surface area contributed by atoms with Gasteiger partial charge in [0.05, 0.1) is 17.6 Å². The van der Waals surface area contributed by atoms with Crippen LogP contribution in [-0.4, -0.2) is 31.2 Å². The molecule has 0 aliphatic rings. The molecule has 3 aromatic rings. The summed E-state index contributed by atoms with van der Waals surface area (Å²) in [5.41, 5.74) is 2.21. The molecule has 0 radical (unpaired) electrons. The fourth-order valence-electron chi connectivity index (χ4n) is 1.86. The van der Waals surface area contributed by atoms with Crippen LogP contribution in [0.5, 0.6) is 0 Å². The van der Waals surface area contributed by atoms with Gasteiger partial charge >= 0.3 is 5.97 Å². The molecule has 2 heterocycles. The molecule has 1 aromatic carbocycles. The van der Waals surface area contributed by atoms with Gasteiger partial charge in [-0.3, -0.25) is 0 Å². The predicted molar refractivity (Wildman–Crippen MR) is 64.8 cm³/mol. The molecule has 0 saturated carbocycles. The first-order valence-electron chi connectivity index (χ1n) is 5.62. The monoisotopic (exact) mass is 258 g/mol. The number of benzene rings is 1. The summed E-state index contributed by atoms with van der Waals surface area (Å²) < 4.78 is 6.58. The molecule has 2 aromatic heterocycles. The van der Waals surface area contributed by atoms with Crippen LogP contribution in [-0.2, 0) is 6.54 Å². The van der Waals surface area contributed by atoms with E-state index in [1.807, 2.05) is 0 Å². The summed E-state index contributed by atoms with van der Waals surface area (Å²) >= 11 is 0. The summed E-state index contributed by atoms with van der Waals surface area (Å²) in [4.78, 5) is 11.0. The number of hydrogen-bond donors (Lipinski definition) is 1. The zero-order valence-electron chi connectivity index (χ0n) is 10.1. The number of nitrogens with zero attached hydrogens (tertiary/aromatic N) is 4. The molecule has 0 fully saturated rings. The van der Waals surface area contributed by atoms with Gasteiger partial charge in [-0.25, -0.2) is 9.48 Å². The van der Waals surface area contributed by atoms with Gasteiger partial charge in [-0.2, -0.15) is 0 Å².